The SMILES string of the molecule is O=C(CCN1C(=O)NC2(CCCC2)C1=O)NC(c1ccccc1)c1ccc(Br)cc1F. The molecule has 1 saturated heterocycles. The van der Waals surface area contributed by atoms with E-state index < -0.39 is 23.4 Å². The number of rotatable bonds is 6. The van der Waals surface area contributed by atoms with Crippen molar-refractivity contribution in [2.45, 2.75) is 43.7 Å². The van der Waals surface area contributed by atoms with Gasteiger partial charge in [-0.15, -0.1) is 0 Å². The third-order valence-corrected chi connectivity index (χ3v) is 6.47. The summed E-state index contributed by atoms with van der Waals surface area (Å²) >= 11 is 3.25. The first-order valence-corrected chi connectivity index (χ1v) is 11.1. The molecule has 2 fully saturated rings. The van der Waals surface area contributed by atoms with Crippen molar-refractivity contribution >= 4 is 33.8 Å². The van der Waals surface area contributed by atoms with Gasteiger partial charge in [0.25, 0.3) is 5.91 Å². The second kappa shape index (κ2) is 8.78. The van der Waals surface area contributed by atoms with E-state index >= 15 is 0 Å². The Hall–Kier alpha value is -2.74. The fourth-order valence-corrected chi connectivity index (χ4v) is 4.70. The third kappa shape index (κ3) is 4.35. The number of benzene rings is 2. The topological polar surface area (TPSA) is 78.5 Å². The molecule has 1 unspecified atom stereocenters. The lowest BCUT2D eigenvalue weighted by molar-refractivity contribution is -0.131. The number of hydrogen-bond donors (Lipinski definition) is 2. The Morgan fingerprint density at radius 2 is 1.87 bits per heavy atom. The number of nitrogens with one attached hydrogen (secondary N) is 2. The van der Waals surface area contributed by atoms with Crippen molar-refractivity contribution in [1.82, 2.24) is 15.5 Å². The normalized spacial score (nSPS) is 18.3. The molecule has 1 aliphatic carbocycles. The van der Waals surface area contributed by atoms with Crippen LogP contribution in [0.15, 0.2) is 53.0 Å². The molecular formula is C23H23BrFN3O3. The van der Waals surface area contributed by atoms with Gasteiger partial charge in [0.2, 0.25) is 5.91 Å². The summed E-state index contributed by atoms with van der Waals surface area (Å²) in [7, 11) is 0. The third-order valence-electron chi connectivity index (χ3n) is 5.98. The Labute approximate surface area is 188 Å². The maximum atomic E-state index is 14.7. The van der Waals surface area contributed by atoms with E-state index in [0.717, 1.165) is 23.3 Å². The van der Waals surface area contributed by atoms with Crippen molar-refractivity contribution in [3.05, 3.63) is 69.9 Å². The first-order chi connectivity index (χ1) is 14.9. The van der Waals surface area contributed by atoms with Crippen LogP contribution in [0.4, 0.5) is 9.18 Å². The van der Waals surface area contributed by atoms with E-state index in [2.05, 4.69) is 26.6 Å². The van der Waals surface area contributed by atoms with E-state index in [1.807, 2.05) is 30.3 Å². The highest BCUT2D eigenvalue weighted by molar-refractivity contribution is 9.10. The molecule has 2 aliphatic rings. The minimum atomic E-state index is -0.791. The fourth-order valence-electron chi connectivity index (χ4n) is 4.36. The second-order valence-corrected chi connectivity index (χ2v) is 8.92. The predicted octanol–water partition coefficient (Wildman–Crippen LogP) is 4.05. The summed E-state index contributed by atoms with van der Waals surface area (Å²) in [6.07, 6.45) is 3.02. The van der Waals surface area contributed by atoms with Gasteiger partial charge in [0, 0.05) is 23.0 Å². The van der Waals surface area contributed by atoms with Crippen LogP contribution in [0.3, 0.4) is 0 Å². The van der Waals surface area contributed by atoms with Crippen LogP contribution in [-0.2, 0) is 9.59 Å². The van der Waals surface area contributed by atoms with Gasteiger partial charge in [-0.2, -0.15) is 0 Å². The van der Waals surface area contributed by atoms with Gasteiger partial charge in [-0.25, -0.2) is 9.18 Å². The van der Waals surface area contributed by atoms with Gasteiger partial charge in [-0.05, 0) is 30.5 Å². The molecule has 1 aliphatic heterocycles. The average Bonchev–Trinajstić information content (AvgIpc) is 3.31. The molecule has 8 heteroatoms. The maximum absolute atomic E-state index is 14.7. The van der Waals surface area contributed by atoms with Crippen molar-refractivity contribution in [1.29, 1.82) is 0 Å². The maximum Gasteiger partial charge on any atom is 0.325 e. The van der Waals surface area contributed by atoms with Gasteiger partial charge in [0.05, 0.1) is 6.04 Å². The molecule has 2 aromatic carbocycles. The monoisotopic (exact) mass is 487 g/mol. The first kappa shape index (κ1) is 21.5. The van der Waals surface area contributed by atoms with Crippen molar-refractivity contribution in [3.63, 3.8) is 0 Å². The van der Waals surface area contributed by atoms with Crippen molar-refractivity contribution < 1.29 is 18.8 Å². The molecule has 0 bridgehead atoms. The van der Waals surface area contributed by atoms with Crippen LogP contribution in [0.5, 0.6) is 0 Å². The Morgan fingerprint density at radius 1 is 1.16 bits per heavy atom. The number of hydrogen-bond acceptors (Lipinski definition) is 3. The fraction of sp³-hybridized carbons (Fsp3) is 0.348. The van der Waals surface area contributed by atoms with Crippen LogP contribution < -0.4 is 10.6 Å². The minimum Gasteiger partial charge on any atom is -0.345 e. The van der Waals surface area contributed by atoms with Gasteiger partial charge in [0.15, 0.2) is 0 Å². The van der Waals surface area contributed by atoms with E-state index in [1.165, 1.54) is 6.07 Å². The van der Waals surface area contributed by atoms with E-state index in [-0.39, 0.29) is 24.8 Å². The van der Waals surface area contributed by atoms with Gasteiger partial charge in [0.1, 0.15) is 11.4 Å². The summed E-state index contributed by atoms with van der Waals surface area (Å²) in [5.41, 5.74) is 0.278. The first-order valence-electron chi connectivity index (χ1n) is 10.3. The summed E-state index contributed by atoms with van der Waals surface area (Å²) in [6, 6.07) is 12.7. The second-order valence-electron chi connectivity index (χ2n) is 8.00. The molecule has 2 aromatic rings. The van der Waals surface area contributed by atoms with Crippen LogP contribution in [0, 0.1) is 5.82 Å². The zero-order valence-electron chi connectivity index (χ0n) is 16.9. The van der Waals surface area contributed by atoms with Crippen molar-refractivity contribution in [3.8, 4) is 0 Å². The lowest BCUT2D eigenvalue weighted by atomic mass is 9.97. The van der Waals surface area contributed by atoms with E-state index in [4.69, 9.17) is 0 Å². The molecule has 2 N–H and O–H groups in total. The Kier molecular flexibility index (Phi) is 6.09. The van der Waals surface area contributed by atoms with Gasteiger partial charge < -0.3 is 10.6 Å². The molecule has 1 spiro atoms. The van der Waals surface area contributed by atoms with Gasteiger partial charge in [-0.3, -0.25) is 14.5 Å². The van der Waals surface area contributed by atoms with Crippen LogP contribution in [0.2, 0.25) is 0 Å². The predicted molar refractivity (Wildman–Crippen MR) is 117 cm³/mol. The molecule has 0 radical (unpaired) electrons. The zero-order chi connectivity index (χ0) is 22.0. The number of nitrogens with zero attached hydrogens (tertiary/aromatic N) is 1. The molecule has 1 saturated carbocycles. The highest BCUT2D eigenvalue weighted by Gasteiger charge is 2.52. The lowest BCUT2D eigenvalue weighted by Gasteiger charge is -2.22. The molecule has 1 atom stereocenters. The summed E-state index contributed by atoms with van der Waals surface area (Å²) in [6.45, 7) is -0.0113. The van der Waals surface area contributed by atoms with E-state index in [9.17, 15) is 18.8 Å². The number of imide groups is 1. The number of urea groups is 1. The Bertz CT molecular complexity index is 1010. The highest BCUT2D eigenvalue weighted by atomic mass is 79.9. The van der Waals surface area contributed by atoms with Crippen LogP contribution in [0.25, 0.3) is 0 Å². The smallest absolute Gasteiger partial charge is 0.325 e. The summed E-state index contributed by atoms with van der Waals surface area (Å²) in [4.78, 5) is 38.9. The van der Waals surface area contributed by atoms with Crippen molar-refractivity contribution in [2.75, 3.05) is 6.54 Å². The Morgan fingerprint density at radius 3 is 2.55 bits per heavy atom. The van der Waals surface area contributed by atoms with Crippen molar-refractivity contribution in [2.24, 2.45) is 0 Å². The van der Waals surface area contributed by atoms with Crippen LogP contribution in [-0.4, -0.2) is 34.8 Å². The van der Waals surface area contributed by atoms with E-state index in [0.29, 0.717) is 22.9 Å². The molecule has 6 nitrogen and oxygen atoms in total. The molecular weight excluding hydrogens is 465 g/mol. The molecule has 1 heterocycles. The highest BCUT2D eigenvalue weighted by Crippen LogP contribution is 2.35. The number of amides is 4. The lowest BCUT2D eigenvalue weighted by Crippen LogP contribution is -2.44. The summed E-state index contributed by atoms with van der Waals surface area (Å²) in [5, 5.41) is 5.67. The number of carbonyl (C=O) groups excluding carboxylic acids is 3. The summed E-state index contributed by atoms with van der Waals surface area (Å²) in [5.74, 6) is -1.06. The van der Waals surface area contributed by atoms with Gasteiger partial charge >= 0.3 is 6.03 Å². The molecule has 4 amide bonds. The number of halogens is 2. The zero-order valence-corrected chi connectivity index (χ0v) is 18.5. The molecule has 4 rings (SSSR count). The minimum absolute atomic E-state index is 0.0113. The number of carbonyl (C=O) groups is 3. The molecule has 162 valence electrons. The largest absolute Gasteiger partial charge is 0.345 e. The standard InChI is InChI=1S/C23H23BrFN3O3/c24-16-8-9-17(18(25)14-16)20(15-6-2-1-3-7-15)26-19(29)10-13-28-21(30)23(27-22(28)31)11-4-5-12-23/h1-3,6-9,14,20H,4-5,10-13H2,(H,26,29)(H,27,31). The summed E-state index contributed by atoms with van der Waals surface area (Å²) < 4.78 is 15.3. The quantitative estimate of drug-likeness (QED) is 0.603. The van der Waals surface area contributed by atoms with Crippen LogP contribution in [0.1, 0.15) is 49.3 Å². The average molecular weight is 488 g/mol. The van der Waals surface area contributed by atoms with E-state index in [1.54, 1.807) is 12.1 Å². The Balaban J connectivity index is 1.47. The van der Waals surface area contributed by atoms with Gasteiger partial charge in [-0.1, -0.05) is 65.2 Å². The van der Waals surface area contributed by atoms with Crippen LogP contribution >= 0.6 is 15.9 Å². The molecule has 0 aromatic heterocycles. The molecule has 31 heavy (non-hydrogen) atoms.